The summed E-state index contributed by atoms with van der Waals surface area (Å²) in [6, 6.07) is 1.33. The molecular formula is C25H40N6O6S. The van der Waals surface area contributed by atoms with E-state index in [1.165, 1.54) is 0 Å². The second kappa shape index (κ2) is 11.9. The van der Waals surface area contributed by atoms with Gasteiger partial charge in [0.15, 0.2) is 0 Å². The number of nitrogens with zero attached hydrogens (tertiary/aromatic N) is 2. The van der Waals surface area contributed by atoms with Gasteiger partial charge in [-0.05, 0) is 59.9 Å². The number of aromatic nitrogens is 1. The number of aromatic amines is 1. The number of anilines is 1. The number of aryl methyl sites for hydroxylation is 1. The molecule has 12 nitrogen and oxygen atoms in total. The van der Waals surface area contributed by atoms with Crippen molar-refractivity contribution >= 4 is 28.0 Å². The summed E-state index contributed by atoms with van der Waals surface area (Å²) in [5, 5.41) is 5.56. The first-order valence-corrected chi connectivity index (χ1v) is 14.4. The molecule has 3 unspecified atom stereocenters. The summed E-state index contributed by atoms with van der Waals surface area (Å²) in [7, 11) is -3.95. The van der Waals surface area contributed by atoms with E-state index in [4.69, 9.17) is 4.74 Å². The first kappa shape index (κ1) is 29.7. The molecule has 2 amide bonds. The predicted octanol–water partition coefficient (Wildman–Crippen LogP) is 1.13. The fraction of sp³-hybridized carbons (Fsp3) is 0.640. The Labute approximate surface area is 224 Å². The van der Waals surface area contributed by atoms with Crippen LogP contribution in [-0.4, -0.2) is 78.8 Å². The molecule has 3 heterocycles. The van der Waals surface area contributed by atoms with Crippen LogP contribution in [0, 0.1) is 6.92 Å². The maximum Gasteiger partial charge on any atom is 0.272 e. The van der Waals surface area contributed by atoms with Gasteiger partial charge in [-0.15, -0.1) is 0 Å². The van der Waals surface area contributed by atoms with Gasteiger partial charge >= 0.3 is 0 Å². The van der Waals surface area contributed by atoms with E-state index >= 15 is 0 Å². The Bertz CT molecular complexity index is 1200. The number of sulfonamides is 1. The Balaban J connectivity index is 2.04. The zero-order valence-corrected chi connectivity index (χ0v) is 23.6. The molecule has 2 aliphatic rings. The first-order chi connectivity index (χ1) is 17.7. The lowest BCUT2D eigenvalue weighted by atomic mass is 10.1. The summed E-state index contributed by atoms with van der Waals surface area (Å²) in [4.78, 5) is 43.5. The molecular weight excluding hydrogens is 512 g/mol. The van der Waals surface area contributed by atoms with Crippen LogP contribution >= 0.6 is 0 Å². The van der Waals surface area contributed by atoms with Crippen LogP contribution in [0.2, 0.25) is 0 Å². The molecule has 3 atom stereocenters. The normalized spacial score (nSPS) is 22.8. The lowest BCUT2D eigenvalue weighted by molar-refractivity contribution is -0.124. The summed E-state index contributed by atoms with van der Waals surface area (Å²) in [6.07, 6.45) is 1.72. The molecule has 0 aliphatic carbocycles. The summed E-state index contributed by atoms with van der Waals surface area (Å²) >= 11 is 0. The van der Waals surface area contributed by atoms with Gasteiger partial charge in [-0.1, -0.05) is 6.58 Å². The van der Waals surface area contributed by atoms with Gasteiger partial charge in [0, 0.05) is 35.1 Å². The first-order valence-electron chi connectivity index (χ1n) is 12.8. The van der Waals surface area contributed by atoms with Crippen molar-refractivity contribution in [2.75, 3.05) is 30.3 Å². The number of hydrogen-bond acceptors (Lipinski definition) is 8. The highest BCUT2D eigenvalue weighted by atomic mass is 32.2. The zero-order chi connectivity index (χ0) is 28.3. The third kappa shape index (κ3) is 7.35. The van der Waals surface area contributed by atoms with Crippen LogP contribution in [0.3, 0.4) is 0 Å². The summed E-state index contributed by atoms with van der Waals surface area (Å²) in [5.74, 6) is -0.521. The van der Waals surface area contributed by atoms with Gasteiger partial charge in [0.1, 0.15) is 11.9 Å². The Morgan fingerprint density at radius 1 is 1.32 bits per heavy atom. The Morgan fingerprint density at radius 2 is 2.03 bits per heavy atom. The van der Waals surface area contributed by atoms with Crippen LogP contribution in [0.5, 0.6) is 0 Å². The van der Waals surface area contributed by atoms with Crippen molar-refractivity contribution in [3.63, 3.8) is 0 Å². The third-order valence-electron chi connectivity index (χ3n) is 6.56. The molecule has 4 N–H and O–H groups in total. The summed E-state index contributed by atoms with van der Waals surface area (Å²) in [5.41, 5.74) is 0.247. The zero-order valence-electron chi connectivity index (χ0n) is 22.8. The minimum atomic E-state index is -3.95. The van der Waals surface area contributed by atoms with E-state index in [0.29, 0.717) is 36.4 Å². The molecule has 0 aromatic carbocycles. The molecule has 0 saturated carbocycles. The Kier molecular flexibility index (Phi) is 9.26. The van der Waals surface area contributed by atoms with Crippen molar-refractivity contribution in [3.05, 3.63) is 40.0 Å². The maximum atomic E-state index is 13.2. The van der Waals surface area contributed by atoms with Crippen LogP contribution < -0.4 is 20.9 Å². The fourth-order valence-electron chi connectivity index (χ4n) is 4.90. The lowest BCUT2D eigenvalue weighted by Gasteiger charge is -2.33. The van der Waals surface area contributed by atoms with Gasteiger partial charge in [0.25, 0.3) is 5.56 Å². The second-order valence-corrected chi connectivity index (χ2v) is 12.7. The number of nitrogens with one attached hydrogen (secondary N) is 4. The molecule has 2 aliphatic heterocycles. The van der Waals surface area contributed by atoms with Crippen molar-refractivity contribution in [1.29, 1.82) is 0 Å². The highest BCUT2D eigenvalue weighted by Gasteiger charge is 2.43. The summed E-state index contributed by atoms with van der Waals surface area (Å²) < 4.78 is 34.4. The van der Waals surface area contributed by atoms with E-state index in [9.17, 15) is 22.8 Å². The molecule has 0 radical (unpaired) electrons. The molecule has 13 heteroatoms. The molecule has 2 saturated heterocycles. The highest BCUT2D eigenvalue weighted by Crippen LogP contribution is 2.40. The van der Waals surface area contributed by atoms with E-state index in [1.54, 1.807) is 17.9 Å². The Hall–Kier alpha value is -2.90. The number of rotatable bonds is 10. The number of carbonyl (C=O) groups is 2. The van der Waals surface area contributed by atoms with Crippen molar-refractivity contribution in [2.24, 2.45) is 0 Å². The van der Waals surface area contributed by atoms with Gasteiger partial charge in [-0.2, -0.15) is 0 Å². The van der Waals surface area contributed by atoms with Crippen molar-refractivity contribution < 1.29 is 22.7 Å². The van der Waals surface area contributed by atoms with E-state index in [0.717, 1.165) is 12.8 Å². The van der Waals surface area contributed by atoms with Crippen molar-refractivity contribution in [2.45, 2.75) is 77.7 Å². The van der Waals surface area contributed by atoms with Crippen LogP contribution in [0.15, 0.2) is 23.1 Å². The second-order valence-electron chi connectivity index (χ2n) is 10.9. The molecule has 0 spiro atoms. The van der Waals surface area contributed by atoms with Crippen molar-refractivity contribution in [3.8, 4) is 0 Å². The standard InChI is InChI=1S/C25H40N6O6S/c1-16-11-20(22(23(34)27-16)29-38(35,36)13-19-9-7-8-10-37-19)24-30(12-21(33)28-25(4,5)6)17(2)18(3)31(24)14-26-15-32/h11,15,17,19,24,29H,3,7-10,12-14H2,1-2,4-6H3,(H,26,32)(H,27,34)(H,28,33). The van der Waals surface area contributed by atoms with Crippen LogP contribution in [0.4, 0.5) is 5.69 Å². The van der Waals surface area contributed by atoms with Gasteiger partial charge < -0.3 is 25.3 Å². The average molecular weight is 553 g/mol. The van der Waals surface area contributed by atoms with Gasteiger partial charge in [-0.25, -0.2) is 8.42 Å². The van der Waals surface area contributed by atoms with Crippen LogP contribution in [0.1, 0.15) is 64.4 Å². The quantitative estimate of drug-likeness (QED) is 0.315. The minimum absolute atomic E-state index is 0.0443. The molecule has 0 bridgehead atoms. The maximum absolute atomic E-state index is 13.2. The van der Waals surface area contributed by atoms with Crippen LogP contribution in [-0.2, 0) is 24.3 Å². The summed E-state index contributed by atoms with van der Waals surface area (Å²) in [6.45, 7) is 13.8. The molecule has 1 aromatic rings. The Morgan fingerprint density at radius 3 is 2.63 bits per heavy atom. The molecule has 3 rings (SSSR count). The molecule has 212 valence electrons. The number of amides is 2. The van der Waals surface area contributed by atoms with Gasteiger partial charge in [0.05, 0.1) is 25.1 Å². The van der Waals surface area contributed by atoms with Crippen LogP contribution in [0.25, 0.3) is 0 Å². The van der Waals surface area contributed by atoms with E-state index in [2.05, 4.69) is 26.9 Å². The SMILES string of the molecule is C=C1C(C)N(CC(=O)NC(C)(C)C)C(c2cc(C)[nH]c(=O)c2NS(=O)(=O)CC2CCCCO2)N1CNC=O. The fourth-order valence-corrected chi connectivity index (χ4v) is 6.26. The number of carbonyl (C=O) groups excluding carboxylic acids is 2. The predicted molar refractivity (Wildman–Crippen MR) is 145 cm³/mol. The number of pyridine rings is 1. The molecule has 1 aromatic heterocycles. The largest absolute Gasteiger partial charge is 0.377 e. The number of H-pyrrole nitrogens is 1. The molecule has 2 fully saturated rings. The number of ether oxygens (including phenoxy) is 1. The average Bonchev–Trinajstić information content (AvgIpc) is 3.02. The van der Waals surface area contributed by atoms with Crippen molar-refractivity contribution in [1.82, 2.24) is 25.4 Å². The smallest absolute Gasteiger partial charge is 0.272 e. The minimum Gasteiger partial charge on any atom is -0.377 e. The highest BCUT2D eigenvalue weighted by molar-refractivity contribution is 7.92. The van der Waals surface area contributed by atoms with Gasteiger partial charge in [0.2, 0.25) is 22.3 Å². The monoisotopic (exact) mass is 552 g/mol. The van der Waals surface area contributed by atoms with Gasteiger partial charge in [-0.3, -0.25) is 24.0 Å². The third-order valence-corrected chi connectivity index (χ3v) is 7.88. The number of hydrogen-bond donors (Lipinski definition) is 4. The topological polar surface area (TPSA) is 153 Å². The lowest BCUT2D eigenvalue weighted by Crippen LogP contribution is -2.48. The van der Waals surface area contributed by atoms with E-state index in [-0.39, 0.29) is 36.6 Å². The molecule has 38 heavy (non-hydrogen) atoms. The van der Waals surface area contributed by atoms with E-state index < -0.39 is 33.4 Å². The van der Waals surface area contributed by atoms with E-state index in [1.807, 2.05) is 32.6 Å².